The first-order valence-corrected chi connectivity index (χ1v) is 9.34. The molecule has 5 heteroatoms. The second-order valence-corrected chi connectivity index (χ2v) is 7.71. The highest BCUT2D eigenvalue weighted by Gasteiger charge is 2.16. The number of carbonyl (C=O) groups is 1. The molecule has 1 atom stereocenters. The lowest BCUT2D eigenvalue weighted by molar-refractivity contribution is 0.0518. The predicted molar refractivity (Wildman–Crippen MR) is 103 cm³/mol. The lowest BCUT2D eigenvalue weighted by atomic mass is 9.98. The summed E-state index contributed by atoms with van der Waals surface area (Å²) >= 11 is 0. The summed E-state index contributed by atoms with van der Waals surface area (Å²) < 4.78 is 10.6. The van der Waals surface area contributed by atoms with Crippen LogP contribution in [0.2, 0.25) is 0 Å². The third-order valence-electron chi connectivity index (χ3n) is 4.21. The largest absolute Gasteiger partial charge is 0.444 e. The molecule has 0 spiro atoms. The van der Waals surface area contributed by atoms with Gasteiger partial charge in [-0.3, -0.25) is 0 Å². The van der Waals surface area contributed by atoms with E-state index in [1.54, 1.807) is 0 Å². The molecule has 1 aromatic rings. The number of alkyl carbamates (subject to hydrolysis) is 1. The highest BCUT2D eigenvalue weighted by Crippen LogP contribution is 2.21. The standard InChI is InChI=1S/C21H31NO4/c1-21(2,3)26-20(24)22-12-9-19(23)18-6-4-5-17(15-18)8-7-16-10-13-25-14-11-16/h4-8,15-16,19,23H,9-14H2,1-3H3,(H,22,24)/b8-7+. The van der Waals surface area contributed by atoms with Crippen LogP contribution in [0.25, 0.3) is 6.08 Å². The highest BCUT2D eigenvalue weighted by atomic mass is 16.6. The summed E-state index contributed by atoms with van der Waals surface area (Å²) in [5, 5.41) is 13.1. The number of hydrogen-bond donors (Lipinski definition) is 2. The normalized spacial score (nSPS) is 17.2. The number of hydrogen-bond acceptors (Lipinski definition) is 4. The van der Waals surface area contributed by atoms with Gasteiger partial charge in [-0.05, 0) is 63.1 Å². The molecule has 1 saturated heterocycles. The van der Waals surface area contributed by atoms with Gasteiger partial charge in [0, 0.05) is 19.8 Å². The van der Waals surface area contributed by atoms with Crippen LogP contribution in [-0.4, -0.2) is 36.6 Å². The van der Waals surface area contributed by atoms with Crippen LogP contribution >= 0.6 is 0 Å². The minimum atomic E-state index is -0.624. The van der Waals surface area contributed by atoms with Crippen LogP contribution in [0.1, 0.15) is 57.3 Å². The zero-order valence-electron chi connectivity index (χ0n) is 16.0. The summed E-state index contributed by atoms with van der Waals surface area (Å²) in [6.07, 6.45) is 5.83. The van der Waals surface area contributed by atoms with Crippen molar-refractivity contribution >= 4 is 12.2 Å². The first-order valence-electron chi connectivity index (χ1n) is 9.34. The van der Waals surface area contributed by atoms with Gasteiger partial charge in [0.15, 0.2) is 0 Å². The molecule has 0 aromatic heterocycles. The molecule has 0 bridgehead atoms. The van der Waals surface area contributed by atoms with Crippen molar-refractivity contribution in [2.45, 2.75) is 51.7 Å². The molecule has 26 heavy (non-hydrogen) atoms. The minimum Gasteiger partial charge on any atom is -0.444 e. The number of amides is 1. The maximum Gasteiger partial charge on any atom is 0.407 e. The van der Waals surface area contributed by atoms with E-state index < -0.39 is 17.8 Å². The van der Waals surface area contributed by atoms with E-state index >= 15 is 0 Å². The van der Waals surface area contributed by atoms with Gasteiger partial charge in [0.05, 0.1) is 6.10 Å². The molecular formula is C21H31NO4. The van der Waals surface area contributed by atoms with E-state index in [0.29, 0.717) is 18.9 Å². The second-order valence-electron chi connectivity index (χ2n) is 7.71. The zero-order valence-corrected chi connectivity index (χ0v) is 16.0. The van der Waals surface area contributed by atoms with Gasteiger partial charge in [-0.1, -0.05) is 30.4 Å². The Morgan fingerprint density at radius 3 is 2.81 bits per heavy atom. The molecule has 1 aliphatic heterocycles. The van der Waals surface area contributed by atoms with Gasteiger partial charge >= 0.3 is 6.09 Å². The highest BCUT2D eigenvalue weighted by molar-refractivity contribution is 5.67. The Morgan fingerprint density at radius 1 is 1.38 bits per heavy atom. The van der Waals surface area contributed by atoms with E-state index in [4.69, 9.17) is 9.47 Å². The van der Waals surface area contributed by atoms with Gasteiger partial charge in [-0.25, -0.2) is 4.79 Å². The number of aliphatic hydroxyl groups excluding tert-OH is 1. The molecular weight excluding hydrogens is 330 g/mol. The lowest BCUT2D eigenvalue weighted by Crippen LogP contribution is -2.33. The van der Waals surface area contributed by atoms with Crippen molar-refractivity contribution < 1.29 is 19.4 Å². The lowest BCUT2D eigenvalue weighted by Gasteiger charge is -2.20. The Balaban J connectivity index is 1.82. The zero-order chi connectivity index (χ0) is 19.0. The molecule has 0 aliphatic carbocycles. The molecule has 2 N–H and O–H groups in total. The average molecular weight is 361 g/mol. The molecule has 1 heterocycles. The number of ether oxygens (including phenoxy) is 2. The predicted octanol–water partition coefficient (Wildman–Crippen LogP) is 4.07. The van der Waals surface area contributed by atoms with Crippen molar-refractivity contribution in [1.29, 1.82) is 0 Å². The van der Waals surface area contributed by atoms with Gasteiger partial charge < -0.3 is 19.9 Å². The fraction of sp³-hybridized carbons (Fsp3) is 0.571. The summed E-state index contributed by atoms with van der Waals surface area (Å²) in [6, 6.07) is 7.88. The molecule has 144 valence electrons. The van der Waals surface area contributed by atoms with Crippen LogP contribution in [0.3, 0.4) is 0 Å². The van der Waals surface area contributed by atoms with Crippen LogP contribution in [0.4, 0.5) is 4.79 Å². The van der Waals surface area contributed by atoms with Crippen LogP contribution < -0.4 is 5.32 Å². The number of rotatable bonds is 6. The molecule has 5 nitrogen and oxygen atoms in total. The Kier molecular flexibility index (Phi) is 7.66. The Labute approximate surface area is 156 Å². The summed E-state index contributed by atoms with van der Waals surface area (Å²) in [4.78, 5) is 11.6. The van der Waals surface area contributed by atoms with Gasteiger partial charge in [0.1, 0.15) is 5.60 Å². The molecule has 1 unspecified atom stereocenters. The van der Waals surface area contributed by atoms with Crippen molar-refractivity contribution in [3.63, 3.8) is 0 Å². The molecule has 0 radical (unpaired) electrons. The number of benzene rings is 1. The third kappa shape index (κ3) is 7.58. The fourth-order valence-electron chi connectivity index (χ4n) is 2.82. The monoisotopic (exact) mass is 361 g/mol. The van der Waals surface area contributed by atoms with Crippen LogP contribution in [-0.2, 0) is 9.47 Å². The minimum absolute atomic E-state index is 0.359. The molecule has 1 fully saturated rings. The Bertz CT molecular complexity index is 600. The van der Waals surface area contributed by atoms with Crippen LogP contribution in [0.15, 0.2) is 30.3 Å². The van der Waals surface area contributed by atoms with Gasteiger partial charge in [-0.15, -0.1) is 0 Å². The Morgan fingerprint density at radius 2 is 2.12 bits per heavy atom. The van der Waals surface area contributed by atoms with E-state index in [9.17, 15) is 9.90 Å². The topological polar surface area (TPSA) is 67.8 Å². The average Bonchev–Trinajstić information content (AvgIpc) is 2.59. The maximum absolute atomic E-state index is 11.6. The van der Waals surface area contributed by atoms with Crippen molar-refractivity contribution in [2.24, 2.45) is 5.92 Å². The summed E-state index contributed by atoms with van der Waals surface area (Å²) in [7, 11) is 0. The van der Waals surface area contributed by atoms with E-state index in [1.807, 2.05) is 45.0 Å². The molecule has 1 aliphatic rings. The van der Waals surface area contributed by atoms with E-state index in [2.05, 4.69) is 17.5 Å². The van der Waals surface area contributed by atoms with E-state index in [0.717, 1.165) is 37.2 Å². The van der Waals surface area contributed by atoms with E-state index in [1.165, 1.54) is 0 Å². The summed E-state index contributed by atoms with van der Waals surface area (Å²) in [5.74, 6) is 0.565. The molecule has 2 rings (SSSR count). The number of allylic oxidation sites excluding steroid dienone is 1. The summed E-state index contributed by atoms with van der Waals surface area (Å²) in [5.41, 5.74) is 1.41. The van der Waals surface area contributed by atoms with Crippen LogP contribution in [0.5, 0.6) is 0 Å². The number of aliphatic hydroxyl groups is 1. The smallest absolute Gasteiger partial charge is 0.407 e. The first kappa shape index (κ1) is 20.5. The third-order valence-corrected chi connectivity index (χ3v) is 4.21. The van der Waals surface area contributed by atoms with Gasteiger partial charge in [0.2, 0.25) is 0 Å². The second kappa shape index (κ2) is 9.74. The summed E-state index contributed by atoms with van der Waals surface area (Å²) in [6.45, 7) is 7.48. The molecule has 1 amide bonds. The molecule has 1 aromatic carbocycles. The first-order chi connectivity index (χ1) is 12.3. The van der Waals surface area contributed by atoms with Gasteiger partial charge in [0.25, 0.3) is 0 Å². The van der Waals surface area contributed by atoms with Crippen molar-refractivity contribution in [2.75, 3.05) is 19.8 Å². The Hall–Kier alpha value is -1.85. The SMILES string of the molecule is CC(C)(C)OC(=O)NCCC(O)c1cccc(/C=C/C2CCOCC2)c1. The maximum atomic E-state index is 11.6. The van der Waals surface area contributed by atoms with Crippen molar-refractivity contribution in [1.82, 2.24) is 5.32 Å². The quantitative estimate of drug-likeness (QED) is 0.801. The van der Waals surface area contributed by atoms with E-state index in [-0.39, 0.29) is 0 Å². The van der Waals surface area contributed by atoms with Crippen molar-refractivity contribution in [3.8, 4) is 0 Å². The number of nitrogens with one attached hydrogen (secondary N) is 1. The van der Waals surface area contributed by atoms with Gasteiger partial charge in [-0.2, -0.15) is 0 Å². The number of carbonyl (C=O) groups excluding carboxylic acids is 1. The molecule has 0 saturated carbocycles. The fourth-order valence-corrected chi connectivity index (χ4v) is 2.82. The van der Waals surface area contributed by atoms with Crippen molar-refractivity contribution in [3.05, 3.63) is 41.5 Å². The van der Waals surface area contributed by atoms with Crippen LogP contribution in [0, 0.1) is 5.92 Å².